The Hall–Kier alpha value is -0.450. The van der Waals surface area contributed by atoms with Crippen molar-refractivity contribution >= 4 is 11.3 Å². The molecular formula is C12H22N2OS. The first-order valence-corrected chi connectivity index (χ1v) is 6.77. The molecule has 0 aromatic carbocycles. The van der Waals surface area contributed by atoms with E-state index in [4.69, 9.17) is 5.11 Å². The van der Waals surface area contributed by atoms with E-state index < -0.39 is 0 Å². The second kappa shape index (κ2) is 6.99. The lowest BCUT2D eigenvalue weighted by atomic mass is 10.2. The van der Waals surface area contributed by atoms with Crippen LogP contribution in [0.1, 0.15) is 30.8 Å². The Kier molecular flexibility index (Phi) is 5.95. The lowest BCUT2D eigenvalue weighted by Gasteiger charge is -2.25. The summed E-state index contributed by atoms with van der Waals surface area (Å²) in [6.07, 6.45) is 1.93. The second-order valence-electron chi connectivity index (χ2n) is 4.32. The van der Waals surface area contributed by atoms with Gasteiger partial charge in [-0.25, -0.2) is 4.98 Å². The molecule has 0 aliphatic heterocycles. The third-order valence-electron chi connectivity index (χ3n) is 2.80. The van der Waals surface area contributed by atoms with Crippen LogP contribution in [0.25, 0.3) is 0 Å². The van der Waals surface area contributed by atoms with E-state index in [0.29, 0.717) is 6.04 Å². The van der Waals surface area contributed by atoms with E-state index >= 15 is 0 Å². The van der Waals surface area contributed by atoms with E-state index in [9.17, 15) is 0 Å². The van der Waals surface area contributed by atoms with Crippen LogP contribution in [-0.2, 0) is 6.42 Å². The summed E-state index contributed by atoms with van der Waals surface area (Å²) in [7, 11) is 0. The van der Waals surface area contributed by atoms with Crippen LogP contribution in [0.15, 0.2) is 5.51 Å². The van der Waals surface area contributed by atoms with Gasteiger partial charge in [-0.15, -0.1) is 11.3 Å². The summed E-state index contributed by atoms with van der Waals surface area (Å²) in [4.78, 5) is 8.06. The molecule has 1 aromatic rings. The summed E-state index contributed by atoms with van der Waals surface area (Å²) >= 11 is 1.74. The highest BCUT2D eigenvalue weighted by molar-refractivity contribution is 7.09. The van der Waals surface area contributed by atoms with Gasteiger partial charge in [0.25, 0.3) is 0 Å². The number of rotatable bonds is 7. The smallest absolute Gasteiger partial charge is 0.0797 e. The molecule has 0 aliphatic rings. The predicted molar refractivity (Wildman–Crippen MR) is 69.0 cm³/mol. The van der Waals surface area contributed by atoms with Crippen molar-refractivity contribution in [2.75, 3.05) is 19.7 Å². The van der Waals surface area contributed by atoms with Crippen LogP contribution in [0.5, 0.6) is 0 Å². The summed E-state index contributed by atoms with van der Waals surface area (Å²) in [6.45, 7) is 8.79. The molecule has 1 heterocycles. The molecule has 0 fully saturated rings. The highest BCUT2D eigenvalue weighted by Crippen LogP contribution is 2.14. The molecule has 16 heavy (non-hydrogen) atoms. The Labute approximate surface area is 102 Å². The third kappa shape index (κ3) is 4.20. The first-order valence-electron chi connectivity index (χ1n) is 5.89. The fourth-order valence-electron chi connectivity index (χ4n) is 1.71. The van der Waals surface area contributed by atoms with Crippen LogP contribution in [0.2, 0.25) is 0 Å². The van der Waals surface area contributed by atoms with Gasteiger partial charge in [0.15, 0.2) is 0 Å². The van der Waals surface area contributed by atoms with Crippen LogP contribution >= 0.6 is 11.3 Å². The van der Waals surface area contributed by atoms with Crippen LogP contribution < -0.4 is 0 Å². The van der Waals surface area contributed by atoms with Crippen LogP contribution in [0.3, 0.4) is 0 Å². The minimum Gasteiger partial charge on any atom is -0.396 e. The number of aliphatic hydroxyl groups is 1. The zero-order valence-electron chi connectivity index (χ0n) is 10.4. The molecule has 4 heteroatoms. The van der Waals surface area contributed by atoms with Crippen molar-refractivity contribution in [3.63, 3.8) is 0 Å². The van der Waals surface area contributed by atoms with Crippen molar-refractivity contribution in [2.45, 2.75) is 39.7 Å². The molecule has 0 spiro atoms. The van der Waals surface area contributed by atoms with E-state index in [-0.39, 0.29) is 6.61 Å². The van der Waals surface area contributed by atoms with Gasteiger partial charge in [0.2, 0.25) is 0 Å². The number of aliphatic hydroxyl groups excluding tert-OH is 1. The number of hydrogen-bond donors (Lipinski definition) is 1. The van der Waals surface area contributed by atoms with Crippen LogP contribution in [0.4, 0.5) is 0 Å². The quantitative estimate of drug-likeness (QED) is 0.795. The van der Waals surface area contributed by atoms with Gasteiger partial charge >= 0.3 is 0 Å². The number of hydrogen-bond acceptors (Lipinski definition) is 4. The Morgan fingerprint density at radius 1 is 1.44 bits per heavy atom. The summed E-state index contributed by atoms with van der Waals surface area (Å²) in [5.74, 6) is 0. The zero-order valence-corrected chi connectivity index (χ0v) is 11.3. The van der Waals surface area contributed by atoms with Gasteiger partial charge < -0.3 is 10.0 Å². The van der Waals surface area contributed by atoms with Crippen molar-refractivity contribution in [3.05, 3.63) is 16.1 Å². The Morgan fingerprint density at radius 3 is 2.69 bits per heavy atom. The Balaban J connectivity index is 2.40. The number of nitrogens with zero attached hydrogens (tertiary/aromatic N) is 2. The SMILES string of the molecule is Cc1ncsc1CCN(CCCO)C(C)C. The summed E-state index contributed by atoms with van der Waals surface area (Å²) < 4.78 is 0. The minimum absolute atomic E-state index is 0.281. The average molecular weight is 242 g/mol. The van der Waals surface area contributed by atoms with E-state index in [0.717, 1.165) is 31.6 Å². The van der Waals surface area contributed by atoms with E-state index in [1.807, 2.05) is 5.51 Å². The van der Waals surface area contributed by atoms with Gasteiger partial charge in [0.05, 0.1) is 11.2 Å². The Bertz CT molecular complexity index is 299. The second-order valence-corrected chi connectivity index (χ2v) is 5.26. The van der Waals surface area contributed by atoms with Crippen molar-refractivity contribution in [3.8, 4) is 0 Å². The van der Waals surface area contributed by atoms with Crippen molar-refractivity contribution < 1.29 is 5.11 Å². The first kappa shape index (κ1) is 13.6. The summed E-state index contributed by atoms with van der Waals surface area (Å²) in [6, 6.07) is 0.541. The third-order valence-corrected chi connectivity index (χ3v) is 3.80. The maximum atomic E-state index is 8.86. The zero-order chi connectivity index (χ0) is 12.0. The molecule has 0 atom stereocenters. The topological polar surface area (TPSA) is 36.4 Å². The van der Waals surface area contributed by atoms with Gasteiger partial charge in [-0.3, -0.25) is 0 Å². The number of thiazole rings is 1. The van der Waals surface area contributed by atoms with E-state index in [1.165, 1.54) is 4.88 Å². The molecule has 0 bridgehead atoms. The van der Waals surface area contributed by atoms with Gasteiger partial charge in [-0.2, -0.15) is 0 Å². The van der Waals surface area contributed by atoms with Crippen molar-refractivity contribution in [1.29, 1.82) is 0 Å². The highest BCUT2D eigenvalue weighted by atomic mass is 32.1. The first-order chi connectivity index (χ1) is 7.65. The molecule has 0 unspecified atom stereocenters. The van der Waals surface area contributed by atoms with E-state index in [2.05, 4.69) is 30.7 Å². The number of aryl methyl sites for hydroxylation is 1. The molecule has 0 saturated heterocycles. The van der Waals surface area contributed by atoms with Crippen LogP contribution in [-0.4, -0.2) is 40.7 Å². The summed E-state index contributed by atoms with van der Waals surface area (Å²) in [5.41, 5.74) is 3.08. The molecule has 92 valence electrons. The lowest BCUT2D eigenvalue weighted by Crippen LogP contribution is -2.34. The largest absolute Gasteiger partial charge is 0.396 e. The van der Waals surface area contributed by atoms with Crippen molar-refractivity contribution in [2.24, 2.45) is 0 Å². The maximum Gasteiger partial charge on any atom is 0.0797 e. The number of aromatic nitrogens is 1. The molecule has 1 aromatic heterocycles. The predicted octanol–water partition coefficient (Wildman–Crippen LogP) is 2.09. The monoisotopic (exact) mass is 242 g/mol. The van der Waals surface area contributed by atoms with Gasteiger partial charge in [0.1, 0.15) is 0 Å². The molecule has 1 N–H and O–H groups in total. The lowest BCUT2D eigenvalue weighted by molar-refractivity contribution is 0.194. The summed E-state index contributed by atoms with van der Waals surface area (Å²) in [5, 5.41) is 8.86. The highest BCUT2D eigenvalue weighted by Gasteiger charge is 2.10. The van der Waals surface area contributed by atoms with E-state index in [1.54, 1.807) is 11.3 Å². The molecule has 3 nitrogen and oxygen atoms in total. The molecule has 0 amide bonds. The fraction of sp³-hybridized carbons (Fsp3) is 0.750. The van der Waals surface area contributed by atoms with Gasteiger partial charge in [0, 0.05) is 30.6 Å². The standard InChI is InChI=1S/C12H22N2OS/c1-10(2)14(6-4-8-15)7-5-12-11(3)13-9-16-12/h9-10,15H,4-8H2,1-3H3. The maximum absolute atomic E-state index is 8.86. The van der Waals surface area contributed by atoms with Crippen molar-refractivity contribution in [1.82, 2.24) is 9.88 Å². The minimum atomic E-state index is 0.281. The Morgan fingerprint density at radius 2 is 2.19 bits per heavy atom. The van der Waals surface area contributed by atoms with Crippen LogP contribution in [0, 0.1) is 6.92 Å². The van der Waals surface area contributed by atoms with Gasteiger partial charge in [-0.05, 0) is 33.6 Å². The molecule has 0 aliphatic carbocycles. The molecular weight excluding hydrogens is 220 g/mol. The van der Waals surface area contributed by atoms with Gasteiger partial charge in [-0.1, -0.05) is 0 Å². The fourth-order valence-corrected chi connectivity index (χ4v) is 2.48. The molecule has 0 radical (unpaired) electrons. The normalized spacial score (nSPS) is 11.6. The molecule has 1 rings (SSSR count). The molecule has 0 saturated carbocycles. The average Bonchev–Trinajstić information content (AvgIpc) is 2.64.